The van der Waals surface area contributed by atoms with Gasteiger partial charge < -0.3 is 0 Å². The Morgan fingerprint density at radius 2 is 1.93 bits per heavy atom. The Balaban J connectivity index is 1.80. The molecular weight excluding hydrogens is 393 g/mol. The van der Waals surface area contributed by atoms with Crippen LogP contribution in [-0.4, -0.2) is 45.5 Å². The molecule has 0 bridgehead atoms. The van der Waals surface area contributed by atoms with E-state index in [2.05, 4.69) is 30.2 Å². The van der Waals surface area contributed by atoms with Crippen molar-refractivity contribution in [2.24, 2.45) is 0 Å². The number of fused-ring (bicyclic) bond motifs is 1. The van der Waals surface area contributed by atoms with Crippen LogP contribution in [0.4, 0.5) is 13.2 Å². The van der Waals surface area contributed by atoms with Crippen molar-refractivity contribution in [3.05, 3.63) is 42.6 Å². The van der Waals surface area contributed by atoms with E-state index in [0.717, 1.165) is 22.0 Å². The first-order chi connectivity index (χ1) is 13.4. The van der Waals surface area contributed by atoms with Crippen molar-refractivity contribution in [2.75, 3.05) is 0 Å². The Bertz CT molecular complexity index is 1110. The fourth-order valence-electron chi connectivity index (χ4n) is 2.58. The minimum Gasteiger partial charge on any atom is -0.293 e. The molecule has 8 nitrogen and oxygen atoms in total. The number of aromatic nitrogens is 8. The molecule has 0 radical (unpaired) electrons. The molecule has 0 saturated carbocycles. The summed E-state index contributed by atoms with van der Waals surface area (Å²) in [6.45, 7) is 0.712. The van der Waals surface area contributed by atoms with Gasteiger partial charge in [-0.05, 0) is 36.4 Å². The largest absolute Gasteiger partial charge is 0.406 e. The molecular formula is C16H13F3N8S. The monoisotopic (exact) mass is 406 g/mol. The quantitative estimate of drug-likeness (QED) is 0.471. The first-order valence-corrected chi connectivity index (χ1v) is 9.04. The van der Waals surface area contributed by atoms with Gasteiger partial charge in [0.2, 0.25) is 0 Å². The second-order valence-corrected chi connectivity index (χ2v) is 6.74. The topological polar surface area (TPSA) is 86.7 Å². The number of hydrogen-bond acceptors (Lipinski definition) is 7. The molecule has 12 heteroatoms. The second-order valence-electron chi connectivity index (χ2n) is 5.76. The van der Waals surface area contributed by atoms with Gasteiger partial charge >= 0.3 is 6.18 Å². The Hall–Kier alpha value is -3.02. The number of alkyl halides is 3. The molecule has 0 atom stereocenters. The third-order valence-corrected chi connectivity index (χ3v) is 4.81. The van der Waals surface area contributed by atoms with Crippen LogP contribution >= 0.6 is 11.8 Å². The van der Waals surface area contributed by atoms with Gasteiger partial charge in [0.1, 0.15) is 17.9 Å². The number of nitrogens with zero attached hydrogens (tertiary/aromatic N) is 8. The Kier molecular flexibility index (Phi) is 4.71. The summed E-state index contributed by atoms with van der Waals surface area (Å²) >= 11 is 1.03. The zero-order chi connectivity index (χ0) is 19.7. The molecule has 0 aliphatic carbocycles. The van der Waals surface area contributed by atoms with E-state index in [1.807, 2.05) is 6.92 Å². The molecule has 4 rings (SSSR count). The van der Waals surface area contributed by atoms with E-state index in [1.54, 1.807) is 18.2 Å². The average Bonchev–Trinajstić information content (AvgIpc) is 3.28. The molecule has 4 heterocycles. The molecule has 28 heavy (non-hydrogen) atoms. The van der Waals surface area contributed by atoms with Crippen molar-refractivity contribution in [1.82, 2.24) is 39.3 Å². The van der Waals surface area contributed by atoms with E-state index < -0.39 is 12.7 Å². The van der Waals surface area contributed by atoms with Crippen molar-refractivity contribution in [3.8, 4) is 11.4 Å². The lowest BCUT2D eigenvalue weighted by Gasteiger charge is -2.13. The van der Waals surface area contributed by atoms with Gasteiger partial charge in [-0.25, -0.2) is 4.98 Å². The van der Waals surface area contributed by atoms with E-state index in [0.29, 0.717) is 22.8 Å². The third kappa shape index (κ3) is 3.67. The van der Waals surface area contributed by atoms with E-state index in [9.17, 15) is 13.2 Å². The molecule has 0 spiro atoms. The van der Waals surface area contributed by atoms with E-state index in [1.165, 1.54) is 23.2 Å². The fraction of sp³-hybridized carbons (Fsp3) is 0.250. The summed E-state index contributed by atoms with van der Waals surface area (Å²) in [7, 11) is 0. The number of halogens is 3. The number of rotatable bonds is 5. The Labute approximate surface area is 160 Å². The highest BCUT2D eigenvalue weighted by molar-refractivity contribution is 7.99. The lowest BCUT2D eigenvalue weighted by Crippen LogP contribution is -2.19. The van der Waals surface area contributed by atoms with Gasteiger partial charge in [-0.3, -0.25) is 9.55 Å². The summed E-state index contributed by atoms with van der Waals surface area (Å²) in [6.07, 6.45) is 0.534. The van der Waals surface area contributed by atoms with Crippen LogP contribution in [0.3, 0.4) is 0 Å². The summed E-state index contributed by atoms with van der Waals surface area (Å²) in [4.78, 5) is 12.3. The average molecular weight is 406 g/mol. The zero-order valence-corrected chi connectivity index (χ0v) is 15.3. The molecule has 0 unspecified atom stereocenters. The van der Waals surface area contributed by atoms with Crippen LogP contribution in [0.25, 0.3) is 17.2 Å². The molecule has 0 N–H and O–H groups in total. The van der Waals surface area contributed by atoms with Crippen LogP contribution in [0.15, 0.2) is 47.1 Å². The maximum Gasteiger partial charge on any atom is 0.406 e. The summed E-state index contributed by atoms with van der Waals surface area (Å²) in [5, 5.41) is 12.7. The molecule has 4 aromatic rings. The fourth-order valence-corrected chi connectivity index (χ4v) is 3.52. The van der Waals surface area contributed by atoms with Crippen LogP contribution < -0.4 is 0 Å². The molecule has 0 aliphatic heterocycles. The summed E-state index contributed by atoms with van der Waals surface area (Å²) in [5.74, 6) is 0.486. The lowest BCUT2D eigenvalue weighted by atomic mass is 10.2. The van der Waals surface area contributed by atoms with Crippen LogP contribution in [-0.2, 0) is 13.0 Å². The molecule has 144 valence electrons. The molecule has 0 aliphatic rings. The van der Waals surface area contributed by atoms with Gasteiger partial charge in [0.25, 0.3) is 5.78 Å². The van der Waals surface area contributed by atoms with Gasteiger partial charge in [0.15, 0.2) is 11.0 Å². The van der Waals surface area contributed by atoms with Crippen molar-refractivity contribution in [1.29, 1.82) is 0 Å². The zero-order valence-electron chi connectivity index (χ0n) is 14.5. The highest BCUT2D eigenvalue weighted by Gasteiger charge is 2.32. The summed E-state index contributed by atoms with van der Waals surface area (Å²) in [6, 6.07) is 4.93. The number of pyridine rings is 1. The number of aryl methyl sites for hydroxylation is 1. The maximum atomic E-state index is 13.2. The minimum absolute atomic E-state index is 0.0918. The van der Waals surface area contributed by atoms with Crippen LogP contribution in [0.1, 0.15) is 12.6 Å². The first kappa shape index (κ1) is 18.3. The molecule has 0 amide bonds. The van der Waals surface area contributed by atoms with Crippen LogP contribution in [0.5, 0.6) is 0 Å². The highest BCUT2D eigenvalue weighted by Crippen LogP contribution is 2.32. The SMILES string of the molecule is CCc1cc(Sc2nnc(-c3ccncc3)n2CC(F)(F)F)n2ncnc2n1. The standard InChI is InChI=1S/C16H13F3N8S/c1-2-11-7-12(27-14(23-11)21-9-22-27)28-15-25-24-13(10-3-5-20-6-4-10)26(15)8-16(17,18)19/h3-7,9H,2,8H2,1H3. The maximum absolute atomic E-state index is 13.2. The molecule has 0 aromatic carbocycles. The normalized spacial score (nSPS) is 12.0. The van der Waals surface area contributed by atoms with Gasteiger partial charge in [0.05, 0.1) is 0 Å². The van der Waals surface area contributed by atoms with Crippen molar-refractivity contribution >= 4 is 17.5 Å². The highest BCUT2D eigenvalue weighted by atomic mass is 32.2. The predicted octanol–water partition coefficient (Wildman–Crippen LogP) is 3.05. The second kappa shape index (κ2) is 7.19. The van der Waals surface area contributed by atoms with Crippen molar-refractivity contribution in [2.45, 2.75) is 36.2 Å². The van der Waals surface area contributed by atoms with Crippen molar-refractivity contribution in [3.63, 3.8) is 0 Å². The Morgan fingerprint density at radius 1 is 1.14 bits per heavy atom. The van der Waals surface area contributed by atoms with Gasteiger partial charge in [0, 0.05) is 23.7 Å². The van der Waals surface area contributed by atoms with Crippen LogP contribution in [0.2, 0.25) is 0 Å². The molecule has 0 fully saturated rings. The van der Waals surface area contributed by atoms with E-state index in [-0.39, 0.29) is 11.0 Å². The number of hydrogen-bond donors (Lipinski definition) is 0. The first-order valence-electron chi connectivity index (χ1n) is 8.22. The summed E-state index contributed by atoms with van der Waals surface area (Å²) < 4.78 is 42.2. The predicted molar refractivity (Wildman–Crippen MR) is 93.6 cm³/mol. The lowest BCUT2D eigenvalue weighted by molar-refractivity contribution is -0.141. The Morgan fingerprint density at radius 3 is 2.64 bits per heavy atom. The van der Waals surface area contributed by atoms with Crippen LogP contribution in [0, 0.1) is 0 Å². The van der Waals surface area contributed by atoms with Crippen molar-refractivity contribution < 1.29 is 13.2 Å². The molecule has 0 saturated heterocycles. The van der Waals surface area contributed by atoms with Gasteiger partial charge in [-0.1, -0.05) is 6.92 Å². The van der Waals surface area contributed by atoms with Gasteiger partial charge in [-0.2, -0.15) is 27.8 Å². The van der Waals surface area contributed by atoms with Gasteiger partial charge in [-0.15, -0.1) is 10.2 Å². The third-order valence-electron chi connectivity index (χ3n) is 3.82. The molecule has 4 aromatic heterocycles. The smallest absolute Gasteiger partial charge is 0.293 e. The summed E-state index contributed by atoms with van der Waals surface area (Å²) in [5.41, 5.74) is 1.24. The van der Waals surface area contributed by atoms with E-state index in [4.69, 9.17) is 0 Å². The minimum atomic E-state index is -4.44. The van der Waals surface area contributed by atoms with E-state index >= 15 is 0 Å².